The number of aliphatic imine (C=N–C) groups is 1. The Morgan fingerprint density at radius 2 is 1.86 bits per heavy atom. The molecule has 2 aromatic rings. The van der Waals surface area contributed by atoms with Crippen LogP contribution >= 0.6 is 0 Å². The molecular weight excluding hydrogens is 354 g/mol. The molecule has 1 aliphatic carbocycles. The zero-order chi connectivity index (χ0) is 19.2. The van der Waals surface area contributed by atoms with Gasteiger partial charge in [-0.05, 0) is 37.0 Å². The number of fused-ring (bicyclic) bond motifs is 1. The van der Waals surface area contributed by atoms with Crippen LogP contribution in [0.15, 0.2) is 53.5 Å². The van der Waals surface area contributed by atoms with E-state index in [4.69, 9.17) is 14.2 Å². The van der Waals surface area contributed by atoms with Crippen molar-refractivity contribution in [3.63, 3.8) is 0 Å². The summed E-state index contributed by atoms with van der Waals surface area (Å²) < 4.78 is 17.7. The number of guanidine groups is 1. The molecule has 28 heavy (non-hydrogen) atoms. The van der Waals surface area contributed by atoms with Gasteiger partial charge >= 0.3 is 0 Å². The highest BCUT2D eigenvalue weighted by Crippen LogP contribution is 2.31. The normalized spacial score (nSPS) is 18.5. The maximum Gasteiger partial charge on any atom is 0.191 e. The summed E-state index contributed by atoms with van der Waals surface area (Å²) in [5.41, 5.74) is 1.12. The topological polar surface area (TPSA) is 64.1 Å². The molecule has 1 saturated carbocycles. The van der Waals surface area contributed by atoms with E-state index in [9.17, 15) is 0 Å². The minimum absolute atomic E-state index is 0.0670. The molecule has 4 rings (SSSR count). The second kappa shape index (κ2) is 8.87. The molecule has 2 N–H and O–H groups in total. The summed E-state index contributed by atoms with van der Waals surface area (Å²) in [7, 11) is 1.76. The van der Waals surface area contributed by atoms with E-state index in [1.165, 1.54) is 12.8 Å². The summed E-state index contributed by atoms with van der Waals surface area (Å²) in [6.45, 7) is 2.57. The Bertz CT molecular complexity index is 820. The molecule has 6 nitrogen and oxygen atoms in total. The summed E-state index contributed by atoms with van der Waals surface area (Å²) in [6, 6.07) is 15.9. The first-order chi connectivity index (χ1) is 13.8. The number of nitrogens with zero attached hydrogens (tertiary/aromatic N) is 1. The third kappa shape index (κ3) is 4.88. The van der Waals surface area contributed by atoms with Gasteiger partial charge in [0.15, 0.2) is 17.5 Å². The average Bonchev–Trinajstić information content (AvgIpc) is 3.57. The lowest BCUT2D eigenvalue weighted by molar-refractivity contribution is 0.0936. The van der Waals surface area contributed by atoms with Crippen molar-refractivity contribution in [2.24, 2.45) is 10.9 Å². The number of hydrogen-bond donors (Lipinski definition) is 2. The van der Waals surface area contributed by atoms with Crippen LogP contribution in [0.2, 0.25) is 0 Å². The fourth-order valence-electron chi connectivity index (χ4n) is 3.06. The minimum Gasteiger partial charge on any atom is -0.493 e. The van der Waals surface area contributed by atoms with Gasteiger partial charge < -0.3 is 24.8 Å². The standard InChI is InChI=1S/C22H27N3O3/c1-23-22(25-13-18-15-27-20-8-4-5-9-21(20)28-18)24-12-17-6-2-3-7-19(17)26-14-16-10-11-16/h2-9,16,18H,10-15H2,1H3,(H2,23,24,25). The van der Waals surface area contributed by atoms with Crippen molar-refractivity contribution < 1.29 is 14.2 Å². The summed E-state index contributed by atoms with van der Waals surface area (Å²) in [5.74, 6) is 3.98. The second-order valence-electron chi connectivity index (χ2n) is 7.17. The summed E-state index contributed by atoms with van der Waals surface area (Å²) in [6.07, 6.45) is 2.51. The van der Waals surface area contributed by atoms with Crippen LogP contribution in [0.1, 0.15) is 18.4 Å². The Hall–Kier alpha value is -2.89. The zero-order valence-electron chi connectivity index (χ0n) is 16.2. The van der Waals surface area contributed by atoms with Crippen molar-refractivity contribution in [3.05, 3.63) is 54.1 Å². The Labute approximate surface area is 165 Å². The lowest BCUT2D eigenvalue weighted by Gasteiger charge is -2.27. The summed E-state index contributed by atoms with van der Waals surface area (Å²) >= 11 is 0. The predicted molar refractivity (Wildman–Crippen MR) is 109 cm³/mol. The quantitative estimate of drug-likeness (QED) is 0.570. The lowest BCUT2D eigenvalue weighted by Crippen LogP contribution is -2.45. The Balaban J connectivity index is 1.26. The molecule has 0 amide bonds. The van der Waals surface area contributed by atoms with Crippen molar-refractivity contribution in [1.82, 2.24) is 10.6 Å². The van der Waals surface area contributed by atoms with E-state index < -0.39 is 0 Å². The van der Waals surface area contributed by atoms with Crippen molar-refractivity contribution >= 4 is 5.96 Å². The number of rotatable bonds is 7. The van der Waals surface area contributed by atoms with Crippen molar-refractivity contribution in [2.75, 3.05) is 26.8 Å². The van der Waals surface area contributed by atoms with Gasteiger partial charge in [-0.2, -0.15) is 0 Å². The van der Waals surface area contributed by atoms with Crippen molar-refractivity contribution in [2.45, 2.75) is 25.5 Å². The fourth-order valence-corrected chi connectivity index (χ4v) is 3.06. The van der Waals surface area contributed by atoms with Gasteiger partial charge in [0.1, 0.15) is 18.5 Å². The molecule has 1 fully saturated rings. The number of benzene rings is 2. The van der Waals surface area contributed by atoms with Gasteiger partial charge in [0.05, 0.1) is 13.2 Å². The number of para-hydroxylation sites is 3. The summed E-state index contributed by atoms with van der Waals surface area (Å²) in [5, 5.41) is 6.66. The average molecular weight is 381 g/mol. The van der Waals surface area contributed by atoms with E-state index in [1.54, 1.807) is 7.05 Å². The fraction of sp³-hybridized carbons (Fsp3) is 0.409. The highest BCUT2D eigenvalue weighted by Gasteiger charge is 2.22. The maximum atomic E-state index is 5.98. The smallest absolute Gasteiger partial charge is 0.191 e. The van der Waals surface area contributed by atoms with E-state index in [1.807, 2.05) is 42.5 Å². The molecule has 1 atom stereocenters. The molecule has 148 valence electrons. The molecule has 6 heteroatoms. The molecule has 0 aromatic heterocycles. The van der Waals surface area contributed by atoms with Gasteiger partial charge in [0.2, 0.25) is 0 Å². The van der Waals surface area contributed by atoms with Gasteiger partial charge in [-0.15, -0.1) is 0 Å². The molecule has 0 saturated heterocycles. The van der Waals surface area contributed by atoms with E-state index in [0.29, 0.717) is 19.7 Å². The molecule has 0 spiro atoms. The molecule has 0 bridgehead atoms. The van der Waals surface area contributed by atoms with E-state index in [0.717, 1.165) is 41.3 Å². The number of hydrogen-bond acceptors (Lipinski definition) is 4. The van der Waals surface area contributed by atoms with Crippen LogP contribution in [0.4, 0.5) is 0 Å². The SMILES string of the molecule is CN=C(NCc1ccccc1OCC1CC1)NCC1COc2ccccc2O1. The summed E-state index contributed by atoms with van der Waals surface area (Å²) in [4.78, 5) is 4.30. The van der Waals surface area contributed by atoms with E-state index in [-0.39, 0.29) is 6.10 Å². The molecule has 0 radical (unpaired) electrons. The van der Waals surface area contributed by atoms with Gasteiger partial charge in [0.25, 0.3) is 0 Å². The van der Waals surface area contributed by atoms with Crippen molar-refractivity contribution in [3.8, 4) is 17.2 Å². The molecule has 2 aliphatic rings. The van der Waals surface area contributed by atoms with Crippen LogP contribution < -0.4 is 24.8 Å². The number of ether oxygens (including phenoxy) is 3. The number of nitrogens with one attached hydrogen (secondary N) is 2. The first-order valence-corrected chi connectivity index (χ1v) is 9.85. The molecular formula is C22H27N3O3. The zero-order valence-corrected chi connectivity index (χ0v) is 16.2. The van der Waals surface area contributed by atoms with Crippen LogP contribution in [-0.4, -0.2) is 38.9 Å². The highest BCUT2D eigenvalue weighted by molar-refractivity contribution is 5.79. The monoisotopic (exact) mass is 381 g/mol. The Morgan fingerprint density at radius 3 is 2.68 bits per heavy atom. The molecule has 2 aromatic carbocycles. The van der Waals surface area contributed by atoms with Gasteiger partial charge in [-0.25, -0.2) is 0 Å². The second-order valence-corrected chi connectivity index (χ2v) is 7.17. The van der Waals surface area contributed by atoms with Gasteiger partial charge in [-0.3, -0.25) is 4.99 Å². The largest absolute Gasteiger partial charge is 0.493 e. The first-order valence-electron chi connectivity index (χ1n) is 9.85. The molecule has 1 unspecified atom stereocenters. The Morgan fingerprint density at radius 1 is 1.07 bits per heavy atom. The van der Waals surface area contributed by atoms with Crippen LogP contribution in [0.3, 0.4) is 0 Å². The van der Waals surface area contributed by atoms with Crippen LogP contribution in [0.5, 0.6) is 17.2 Å². The third-order valence-corrected chi connectivity index (χ3v) is 4.88. The highest BCUT2D eigenvalue weighted by atomic mass is 16.6. The van der Waals surface area contributed by atoms with Gasteiger partial charge in [-0.1, -0.05) is 30.3 Å². The van der Waals surface area contributed by atoms with E-state index in [2.05, 4.69) is 21.7 Å². The molecule has 1 aliphatic heterocycles. The predicted octanol–water partition coefficient (Wildman–Crippen LogP) is 2.98. The van der Waals surface area contributed by atoms with Crippen LogP contribution in [0, 0.1) is 5.92 Å². The molecule has 1 heterocycles. The lowest BCUT2D eigenvalue weighted by atomic mass is 10.2. The van der Waals surface area contributed by atoms with Crippen LogP contribution in [0.25, 0.3) is 0 Å². The van der Waals surface area contributed by atoms with E-state index >= 15 is 0 Å². The van der Waals surface area contributed by atoms with Gasteiger partial charge in [0, 0.05) is 19.2 Å². The minimum atomic E-state index is -0.0670. The van der Waals surface area contributed by atoms with Crippen LogP contribution in [-0.2, 0) is 6.54 Å². The maximum absolute atomic E-state index is 5.98. The van der Waals surface area contributed by atoms with Crippen molar-refractivity contribution in [1.29, 1.82) is 0 Å². The third-order valence-electron chi connectivity index (χ3n) is 4.88. The first kappa shape index (κ1) is 18.5. The Kier molecular flexibility index (Phi) is 5.85.